The van der Waals surface area contributed by atoms with Crippen molar-refractivity contribution in [2.45, 2.75) is 25.8 Å². The molecule has 1 saturated heterocycles. The smallest absolute Gasteiger partial charge is 0.258 e. The van der Waals surface area contributed by atoms with Crippen LogP contribution < -0.4 is 20.1 Å². The first-order chi connectivity index (χ1) is 9.79. The van der Waals surface area contributed by atoms with Gasteiger partial charge in [0.25, 0.3) is 5.91 Å². The van der Waals surface area contributed by atoms with Gasteiger partial charge >= 0.3 is 0 Å². The summed E-state index contributed by atoms with van der Waals surface area (Å²) >= 11 is 0. The maximum absolute atomic E-state index is 11.9. The van der Waals surface area contributed by atoms with Crippen molar-refractivity contribution in [3.63, 3.8) is 0 Å². The highest BCUT2D eigenvalue weighted by Crippen LogP contribution is 2.26. The Morgan fingerprint density at radius 3 is 2.55 bits per heavy atom. The minimum absolute atomic E-state index is 0.0218. The molecule has 0 unspecified atom stereocenters. The van der Waals surface area contributed by atoms with Crippen LogP contribution in [-0.4, -0.2) is 38.3 Å². The first-order valence-corrected chi connectivity index (χ1v) is 7.14. The monoisotopic (exact) mass is 278 g/mol. The summed E-state index contributed by atoms with van der Waals surface area (Å²) < 4.78 is 11.0. The van der Waals surface area contributed by atoms with Gasteiger partial charge < -0.3 is 20.1 Å². The van der Waals surface area contributed by atoms with Crippen LogP contribution in [0.25, 0.3) is 0 Å². The van der Waals surface area contributed by atoms with Gasteiger partial charge in [0.2, 0.25) is 0 Å². The molecule has 0 aromatic heterocycles. The number of ether oxygens (including phenoxy) is 2. The molecule has 5 heteroatoms. The molecule has 0 saturated carbocycles. The molecule has 1 amide bonds. The average molecular weight is 278 g/mol. The van der Waals surface area contributed by atoms with Crippen molar-refractivity contribution in [3.05, 3.63) is 24.3 Å². The molecule has 1 heterocycles. The molecule has 0 bridgehead atoms. The van der Waals surface area contributed by atoms with E-state index in [0.29, 0.717) is 18.1 Å². The van der Waals surface area contributed by atoms with E-state index in [2.05, 4.69) is 10.6 Å². The van der Waals surface area contributed by atoms with E-state index in [1.54, 1.807) is 0 Å². The summed E-state index contributed by atoms with van der Waals surface area (Å²) in [5, 5.41) is 6.26. The molecule has 1 fully saturated rings. The van der Waals surface area contributed by atoms with Crippen molar-refractivity contribution in [1.82, 2.24) is 10.6 Å². The standard InChI is InChI=1S/C15H22N2O3/c1-2-19-13-5-3-4-6-14(13)20-11-15(18)17-12-7-9-16-10-8-12/h3-6,12,16H,2,7-11H2,1H3,(H,17,18). The third kappa shape index (κ3) is 4.42. The highest BCUT2D eigenvalue weighted by atomic mass is 16.5. The predicted molar refractivity (Wildman–Crippen MR) is 77.1 cm³/mol. The van der Waals surface area contributed by atoms with Crippen LogP contribution in [0.15, 0.2) is 24.3 Å². The second kappa shape index (κ2) is 7.75. The highest BCUT2D eigenvalue weighted by molar-refractivity contribution is 5.77. The number of hydrogen-bond acceptors (Lipinski definition) is 4. The zero-order valence-corrected chi connectivity index (χ0v) is 11.9. The van der Waals surface area contributed by atoms with E-state index in [1.807, 2.05) is 31.2 Å². The lowest BCUT2D eigenvalue weighted by Gasteiger charge is -2.23. The molecule has 5 nitrogen and oxygen atoms in total. The first kappa shape index (κ1) is 14.7. The summed E-state index contributed by atoms with van der Waals surface area (Å²) in [7, 11) is 0. The van der Waals surface area contributed by atoms with Gasteiger partial charge in [-0.25, -0.2) is 0 Å². The zero-order valence-electron chi connectivity index (χ0n) is 11.9. The fraction of sp³-hybridized carbons (Fsp3) is 0.533. The molecule has 0 spiro atoms. The molecule has 0 aliphatic carbocycles. The third-order valence-electron chi connectivity index (χ3n) is 3.21. The Hall–Kier alpha value is -1.75. The number of carbonyl (C=O) groups excluding carboxylic acids is 1. The van der Waals surface area contributed by atoms with Crippen molar-refractivity contribution in [2.24, 2.45) is 0 Å². The molecule has 2 N–H and O–H groups in total. The molecule has 1 aliphatic rings. The molecular formula is C15H22N2O3. The molecule has 1 aliphatic heterocycles. The second-order valence-electron chi connectivity index (χ2n) is 4.76. The molecule has 1 aromatic rings. The van der Waals surface area contributed by atoms with Crippen LogP contribution in [0.4, 0.5) is 0 Å². The Balaban J connectivity index is 1.80. The quantitative estimate of drug-likeness (QED) is 0.824. The maximum Gasteiger partial charge on any atom is 0.258 e. The summed E-state index contributed by atoms with van der Waals surface area (Å²) in [6, 6.07) is 7.65. The maximum atomic E-state index is 11.9. The van der Waals surface area contributed by atoms with Crippen LogP contribution >= 0.6 is 0 Å². The van der Waals surface area contributed by atoms with Gasteiger partial charge in [0.15, 0.2) is 18.1 Å². The van der Waals surface area contributed by atoms with E-state index in [4.69, 9.17) is 9.47 Å². The van der Waals surface area contributed by atoms with Crippen molar-refractivity contribution in [1.29, 1.82) is 0 Å². The molecule has 110 valence electrons. The Morgan fingerprint density at radius 1 is 1.25 bits per heavy atom. The summed E-state index contributed by atoms with van der Waals surface area (Å²) in [6.45, 7) is 4.42. The number of piperidine rings is 1. The van der Waals surface area contributed by atoms with Gasteiger partial charge in [-0.1, -0.05) is 12.1 Å². The second-order valence-corrected chi connectivity index (χ2v) is 4.76. The summed E-state index contributed by atoms with van der Waals surface area (Å²) in [5.41, 5.74) is 0. The van der Waals surface area contributed by atoms with Crippen LogP contribution in [0.2, 0.25) is 0 Å². The van der Waals surface area contributed by atoms with Gasteiger partial charge in [-0.2, -0.15) is 0 Å². The number of para-hydroxylation sites is 2. The Morgan fingerprint density at radius 2 is 1.90 bits per heavy atom. The lowest BCUT2D eigenvalue weighted by molar-refractivity contribution is -0.124. The molecule has 0 radical (unpaired) electrons. The van der Waals surface area contributed by atoms with Crippen molar-refractivity contribution in [3.8, 4) is 11.5 Å². The van der Waals surface area contributed by atoms with Crippen molar-refractivity contribution < 1.29 is 14.3 Å². The minimum Gasteiger partial charge on any atom is -0.490 e. The predicted octanol–water partition coefficient (Wildman–Crippen LogP) is 1.33. The van der Waals surface area contributed by atoms with Crippen LogP contribution in [0.5, 0.6) is 11.5 Å². The van der Waals surface area contributed by atoms with Gasteiger partial charge in [-0.3, -0.25) is 4.79 Å². The van der Waals surface area contributed by atoms with E-state index in [-0.39, 0.29) is 18.6 Å². The largest absolute Gasteiger partial charge is 0.490 e. The number of carbonyl (C=O) groups is 1. The highest BCUT2D eigenvalue weighted by Gasteiger charge is 2.15. The summed E-state index contributed by atoms with van der Waals surface area (Å²) in [6.07, 6.45) is 1.95. The fourth-order valence-corrected chi connectivity index (χ4v) is 2.22. The Labute approximate surface area is 119 Å². The van der Waals surface area contributed by atoms with Crippen LogP contribution in [0, 0.1) is 0 Å². The van der Waals surface area contributed by atoms with E-state index in [1.165, 1.54) is 0 Å². The lowest BCUT2D eigenvalue weighted by atomic mass is 10.1. The van der Waals surface area contributed by atoms with Crippen molar-refractivity contribution in [2.75, 3.05) is 26.3 Å². The van der Waals surface area contributed by atoms with E-state index in [9.17, 15) is 4.79 Å². The molecule has 0 atom stereocenters. The van der Waals surface area contributed by atoms with Crippen LogP contribution in [0.1, 0.15) is 19.8 Å². The number of amides is 1. The molecular weight excluding hydrogens is 256 g/mol. The first-order valence-electron chi connectivity index (χ1n) is 7.14. The number of benzene rings is 1. The molecule has 1 aromatic carbocycles. The van der Waals surface area contributed by atoms with Crippen molar-refractivity contribution >= 4 is 5.91 Å². The van der Waals surface area contributed by atoms with Gasteiger partial charge in [0.1, 0.15) is 0 Å². The van der Waals surface area contributed by atoms with Crippen LogP contribution in [0.3, 0.4) is 0 Å². The molecule has 2 rings (SSSR count). The molecule has 20 heavy (non-hydrogen) atoms. The third-order valence-corrected chi connectivity index (χ3v) is 3.21. The normalized spacial score (nSPS) is 15.7. The van der Waals surface area contributed by atoms with Gasteiger partial charge in [0.05, 0.1) is 6.61 Å². The zero-order chi connectivity index (χ0) is 14.2. The number of rotatable bonds is 6. The average Bonchev–Trinajstić information content (AvgIpc) is 2.48. The van der Waals surface area contributed by atoms with Gasteiger partial charge in [0, 0.05) is 6.04 Å². The fourth-order valence-electron chi connectivity index (χ4n) is 2.22. The van der Waals surface area contributed by atoms with Gasteiger partial charge in [-0.05, 0) is 45.0 Å². The topological polar surface area (TPSA) is 59.6 Å². The van der Waals surface area contributed by atoms with Crippen LogP contribution in [-0.2, 0) is 4.79 Å². The Kier molecular flexibility index (Phi) is 5.68. The van der Waals surface area contributed by atoms with Gasteiger partial charge in [-0.15, -0.1) is 0 Å². The summed E-state index contributed by atoms with van der Waals surface area (Å²) in [4.78, 5) is 11.9. The number of nitrogens with one attached hydrogen (secondary N) is 2. The minimum atomic E-state index is -0.0804. The Bertz CT molecular complexity index is 431. The SMILES string of the molecule is CCOc1ccccc1OCC(=O)NC1CCNCC1. The van der Waals surface area contributed by atoms with E-state index < -0.39 is 0 Å². The van der Waals surface area contributed by atoms with E-state index >= 15 is 0 Å². The number of hydrogen-bond donors (Lipinski definition) is 2. The van der Waals surface area contributed by atoms with E-state index in [0.717, 1.165) is 25.9 Å². The lowest BCUT2D eigenvalue weighted by Crippen LogP contribution is -2.44. The summed E-state index contributed by atoms with van der Waals surface area (Å²) in [5.74, 6) is 1.20.